The molecule has 3 nitrogen and oxygen atoms in total. The molecule has 0 spiro atoms. The van der Waals surface area contributed by atoms with Crippen molar-refractivity contribution in [3.8, 4) is 0 Å². The lowest BCUT2D eigenvalue weighted by molar-refractivity contribution is -0.122. The van der Waals surface area contributed by atoms with Crippen molar-refractivity contribution in [2.75, 3.05) is 13.6 Å². The molecule has 1 aromatic rings. The summed E-state index contributed by atoms with van der Waals surface area (Å²) >= 11 is 6.14. The summed E-state index contributed by atoms with van der Waals surface area (Å²) in [5.41, 5.74) is 1.10. The van der Waals surface area contributed by atoms with Gasteiger partial charge >= 0.3 is 0 Å². The fraction of sp³-hybridized carbons (Fsp3) is 0.500. The van der Waals surface area contributed by atoms with E-state index in [9.17, 15) is 4.79 Å². The second-order valence-electron chi connectivity index (χ2n) is 4.91. The predicted molar refractivity (Wildman–Crippen MR) is 73.8 cm³/mol. The Morgan fingerprint density at radius 2 is 2.22 bits per heavy atom. The Morgan fingerprint density at radius 3 is 2.89 bits per heavy atom. The highest BCUT2D eigenvalue weighted by Crippen LogP contribution is 2.49. The van der Waals surface area contributed by atoms with Crippen molar-refractivity contribution < 1.29 is 4.79 Å². The number of carbonyl (C=O) groups excluding carboxylic acids is 1. The van der Waals surface area contributed by atoms with Gasteiger partial charge in [0.1, 0.15) is 0 Å². The largest absolute Gasteiger partial charge is 0.354 e. The van der Waals surface area contributed by atoms with Gasteiger partial charge < -0.3 is 10.6 Å². The molecular weight excluding hydrogens is 248 g/mol. The van der Waals surface area contributed by atoms with Crippen molar-refractivity contribution >= 4 is 17.5 Å². The summed E-state index contributed by atoms with van der Waals surface area (Å²) in [6, 6.07) is 8.07. The number of hydrogen-bond donors (Lipinski definition) is 2. The van der Waals surface area contributed by atoms with Crippen LogP contribution in [0.3, 0.4) is 0 Å². The van der Waals surface area contributed by atoms with E-state index in [1.54, 1.807) is 0 Å². The van der Waals surface area contributed by atoms with E-state index in [0.29, 0.717) is 18.5 Å². The van der Waals surface area contributed by atoms with Crippen LogP contribution in [0, 0.1) is 5.92 Å². The first-order valence-corrected chi connectivity index (χ1v) is 6.70. The first-order valence-electron chi connectivity index (χ1n) is 6.33. The van der Waals surface area contributed by atoms with E-state index in [0.717, 1.165) is 17.0 Å². The molecule has 1 amide bonds. The van der Waals surface area contributed by atoms with Crippen molar-refractivity contribution in [3.63, 3.8) is 0 Å². The average Bonchev–Trinajstić information content (AvgIpc) is 3.16. The molecule has 1 fully saturated rings. The zero-order chi connectivity index (χ0) is 13.1. The second kappa shape index (κ2) is 5.72. The summed E-state index contributed by atoms with van der Waals surface area (Å²) in [7, 11) is 1.89. The SMILES string of the molecule is CNC(C)CNC(=O)C1CC1c1ccccc1Cl. The van der Waals surface area contributed by atoms with Crippen molar-refractivity contribution in [1.82, 2.24) is 10.6 Å². The topological polar surface area (TPSA) is 41.1 Å². The van der Waals surface area contributed by atoms with Gasteiger partial charge in [-0.25, -0.2) is 0 Å². The Balaban J connectivity index is 1.88. The van der Waals surface area contributed by atoms with E-state index >= 15 is 0 Å². The molecule has 0 saturated heterocycles. The molecule has 1 aliphatic carbocycles. The van der Waals surface area contributed by atoms with Crippen LogP contribution in [-0.4, -0.2) is 25.5 Å². The van der Waals surface area contributed by atoms with Gasteiger partial charge in [-0.05, 0) is 37.9 Å². The van der Waals surface area contributed by atoms with Gasteiger partial charge in [0.15, 0.2) is 0 Å². The van der Waals surface area contributed by atoms with E-state index in [1.807, 2.05) is 38.2 Å². The summed E-state index contributed by atoms with van der Waals surface area (Å²) < 4.78 is 0. The number of nitrogens with one attached hydrogen (secondary N) is 2. The predicted octanol–water partition coefficient (Wildman–Crippen LogP) is 2.17. The van der Waals surface area contributed by atoms with Crippen molar-refractivity contribution in [1.29, 1.82) is 0 Å². The molecule has 18 heavy (non-hydrogen) atoms. The monoisotopic (exact) mass is 266 g/mol. The Labute approximate surface area is 113 Å². The number of rotatable bonds is 5. The van der Waals surface area contributed by atoms with Crippen LogP contribution in [0.15, 0.2) is 24.3 Å². The molecule has 2 rings (SSSR count). The highest BCUT2D eigenvalue weighted by Gasteiger charge is 2.44. The van der Waals surface area contributed by atoms with Crippen molar-refractivity contribution in [2.24, 2.45) is 5.92 Å². The smallest absolute Gasteiger partial charge is 0.223 e. The molecular formula is C14H19ClN2O. The van der Waals surface area contributed by atoms with Crippen LogP contribution in [0.2, 0.25) is 5.02 Å². The van der Waals surface area contributed by atoms with Gasteiger partial charge in [0.25, 0.3) is 0 Å². The summed E-state index contributed by atoms with van der Waals surface area (Å²) in [5.74, 6) is 0.527. The number of amides is 1. The molecule has 1 aromatic carbocycles. The van der Waals surface area contributed by atoms with Gasteiger partial charge in [-0.2, -0.15) is 0 Å². The molecule has 2 N–H and O–H groups in total. The van der Waals surface area contributed by atoms with E-state index in [1.165, 1.54) is 0 Å². The maximum atomic E-state index is 11.9. The lowest BCUT2D eigenvalue weighted by Gasteiger charge is -2.11. The molecule has 3 atom stereocenters. The van der Waals surface area contributed by atoms with E-state index in [-0.39, 0.29) is 11.8 Å². The maximum Gasteiger partial charge on any atom is 0.223 e. The fourth-order valence-corrected chi connectivity index (χ4v) is 2.37. The van der Waals surface area contributed by atoms with Crippen LogP contribution in [0.4, 0.5) is 0 Å². The van der Waals surface area contributed by atoms with Crippen LogP contribution < -0.4 is 10.6 Å². The lowest BCUT2D eigenvalue weighted by Crippen LogP contribution is -2.37. The average molecular weight is 267 g/mol. The van der Waals surface area contributed by atoms with E-state index in [4.69, 9.17) is 11.6 Å². The highest BCUT2D eigenvalue weighted by molar-refractivity contribution is 6.31. The molecule has 0 aromatic heterocycles. The molecule has 0 bridgehead atoms. The number of halogens is 1. The molecule has 98 valence electrons. The zero-order valence-corrected chi connectivity index (χ0v) is 11.5. The Hall–Kier alpha value is -1.06. The van der Waals surface area contributed by atoms with Gasteiger partial charge in [0, 0.05) is 23.5 Å². The Bertz CT molecular complexity index is 436. The molecule has 0 radical (unpaired) electrons. The standard InChI is InChI=1S/C14H19ClN2O/c1-9(16-2)8-17-14(18)12-7-11(12)10-5-3-4-6-13(10)15/h3-6,9,11-12,16H,7-8H2,1-2H3,(H,17,18). The van der Waals surface area contributed by atoms with Crippen LogP contribution in [0.25, 0.3) is 0 Å². The minimum absolute atomic E-state index is 0.0916. The summed E-state index contributed by atoms with van der Waals surface area (Å²) in [5, 5.41) is 6.83. The molecule has 1 saturated carbocycles. The number of likely N-dealkylation sites (N-methyl/N-ethyl adjacent to an activating group) is 1. The van der Waals surface area contributed by atoms with Crippen LogP contribution in [0.1, 0.15) is 24.8 Å². The second-order valence-corrected chi connectivity index (χ2v) is 5.31. The number of carbonyl (C=O) groups is 1. The van der Waals surface area contributed by atoms with Crippen molar-refractivity contribution in [2.45, 2.75) is 25.3 Å². The third-order valence-corrected chi connectivity index (χ3v) is 3.85. The number of benzene rings is 1. The maximum absolute atomic E-state index is 11.9. The zero-order valence-electron chi connectivity index (χ0n) is 10.7. The normalized spacial score (nSPS) is 23.5. The van der Waals surface area contributed by atoms with Crippen LogP contribution >= 0.6 is 11.6 Å². The van der Waals surface area contributed by atoms with Gasteiger partial charge in [-0.15, -0.1) is 0 Å². The first kappa shape index (κ1) is 13.4. The molecule has 0 heterocycles. The third kappa shape index (κ3) is 3.03. The third-order valence-electron chi connectivity index (χ3n) is 3.51. The van der Waals surface area contributed by atoms with Crippen molar-refractivity contribution in [3.05, 3.63) is 34.9 Å². The van der Waals surface area contributed by atoms with Gasteiger partial charge in [-0.1, -0.05) is 29.8 Å². The molecule has 0 aliphatic heterocycles. The van der Waals surface area contributed by atoms with Gasteiger partial charge in [0.05, 0.1) is 0 Å². The quantitative estimate of drug-likeness (QED) is 0.858. The lowest BCUT2D eigenvalue weighted by atomic mass is 10.1. The minimum atomic E-state index is 0.0916. The van der Waals surface area contributed by atoms with E-state index in [2.05, 4.69) is 10.6 Å². The Kier molecular flexibility index (Phi) is 4.25. The van der Waals surface area contributed by atoms with E-state index < -0.39 is 0 Å². The molecule has 1 aliphatic rings. The summed E-state index contributed by atoms with van der Waals surface area (Å²) in [6.07, 6.45) is 0.906. The summed E-state index contributed by atoms with van der Waals surface area (Å²) in [6.45, 7) is 2.71. The minimum Gasteiger partial charge on any atom is -0.354 e. The van der Waals surface area contributed by atoms with Crippen LogP contribution in [0.5, 0.6) is 0 Å². The highest BCUT2D eigenvalue weighted by atomic mass is 35.5. The fourth-order valence-electron chi connectivity index (χ4n) is 2.09. The molecule has 3 unspecified atom stereocenters. The van der Waals surface area contributed by atoms with Gasteiger partial charge in [0.2, 0.25) is 5.91 Å². The number of hydrogen-bond acceptors (Lipinski definition) is 2. The van der Waals surface area contributed by atoms with Crippen LogP contribution in [-0.2, 0) is 4.79 Å². The Morgan fingerprint density at radius 1 is 1.50 bits per heavy atom. The summed E-state index contributed by atoms with van der Waals surface area (Å²) in [4.78, 5) is 11.9. The molecule has 4 heteroatoms. The van der Waals surface area contributed by atoms with Gasteiger partial charge in [-0.3, -0.25) is 4.79 Å². The first-order chi connectivity index (χ1) is 8.63.